The van der Waals surface area contributed by atoms with Gasteiger partial charge in [0.05, 0.1) is 0 Å². The Hall–Kier alpha value is -0.570. The summed E-state index contributed by atoms with van der Waals surface area (Å²) in [5.74, 6) is 0.354. The molecule has 0 spiro atoms. The fourth-order valence-corrected chi connectivity index (χ4v) is 3.75. The number of nitrogens with zero attached hydrogens (tertiary/aromatic N) is 1. The van der Waals surface area contributed by atoms with Crippen LogP contribution in [-0.4, -0.2) is 29.4 Å². The van der Waals surface area contributed by atoms with Gasteiger partial charge in [0.2, 0.25) is 5.91 Å². The van der Waals surface area contributed by atoms with Crippen LogP contribution in [-0.2, 0) is 4.79 Å². The smallest absolute Gasteiger partial charge is 0.223 e. The zero-order valence-electron chi connectivity index (χ0n) is 12.7. The third-order valence-electron chi connectivity index (χ3n) is 5.19. The number of rotatable bonds is 5. The Bertz CT molecular complexity index is 304. The van der Waals surface area contributed by atoms with E-state index >= 15 is 0 Å². The molecule has 0 aromatic heterocycles. The molecule has 2 aliphatic rings. The highest BCUT2D eigenvalue weighted by Crippen LogP contribution is 2.39. The van der Waals surface area contributed by atoms with Gasteiger partial charge in [-0.2, -0.15) is 0 Å². The molecule has 0 bridgehead atoms. The number of amides is 1. The molecule has 0 heterocycles. The van der Waals surface area contributed by atoms with Crippen molar-refractivity contribution in [2.45, 2.75) is 83.7 Å². The van der Waals surface area contributed by atoms with Crippen LogP contribution in [0.15, 0.2) is 0 Å². The summed E-state index contributed by atoms with van der Waals surface area (Å²) in [4.78, 5) is 14.9. The van der Waals surface area contributed by atoms with E-state index in [1.807, 2.05) is 0 Å². The van der Waals surface area contributed by atoms with Gasteiger partial charge in [-0.25, -0.2) is 0 Å². The molecule has 0 aliphatic heterocycles. The first-order chi connectivity index (χ1) is 9.08. The summed E-state index contributed by atoms with van der Waals surface area (Å²) in [6, 6.07) is 0.835. The molecule has 2 saturated carbocycles. The van der Waals surface area contributed by atoms with Gasteiger partial charge < -0.3 is 10.6 Å². The lowest BCUT2D eigenvalue weighted by atomic mass is 9.71. The van der Waals surface area contributed by atoms with E-state index in [2.05, 4.69) is 18.7 Å². The number of hydrogen-bond acceptors (Lipinski definition) is 2. The molecular formula is C16H30N2O. The topological polar surface area (TPSA) is 46.3 Å². The SMILES string of the molecule is CC(C)N(C(=O)CC1(CN)CCCCC1)C1CCC1. The summed E-state index contributed by atoms with van der Waals surface area (Å²) in [6.07, 6.45) is 10.4. The van der Waals surface area contributed by atoms with Crippen LogP contribution >= 0.6 is 0 Å². The molecule has 2 aliphatic carbocycles. The second-order valence-electron chi connectivity index (χ2n) is 6.92. The predicted molar refractivity (Wildman–Crippen MR) is 78.8 cm³/mol. The van der Waals surface area contributed by atoms with Crippen molar-refractivity contribution in [3.63, 3.8) is 0 Å². The van der Waals surface area contributed by atoms with Crippen LogP contribution in [0.25, 0.3) is 0 Å². The van der Waals surface area contributed by atoms with Gasteiger partial charge in [-0.1, -0.05) is 19.3 Å². The molecule has 0 radical (unpaired) electrons. The van der Waals surface area contributed by atoms with E-state index in [1.165, 1.54) is 38.5 Å². The van der Waals surface area contributed by atoms with Crippen LogP contribution < -0.4 is 5.73 Å². The number of hydrogen-bond donors (Lipinski definition) is 1. The summed E-state index contributed by atoms with van der Waals surface area (Å²) in [7, 11) is 0. The largest absolute Gasteiger partial charge is 0.337 e. The number of carbonyl (C=O) groups excluding carboxylic acids is 1. The highest BCUT2D eigenvalue weighted by molar-refractivity contribution is 5.77. The minimum atomic E-state index is 0.103. The molecule has 19 heavy (non-hydrogen) atoms. The first-order valence-corrected chi connectivity index (χ1v) is 8.09. The van der Waals surface area contributed by atoms with E-state index < -0.39 is 0 Å². The van der Waals surface area contributed by atoms with Gasteiger partial charge >= 0.3 is 0 Å². The summed E-state index contributed by atoms with van der Waals surface area (Å²) in [5.41, 5.74) is 6.12. The molecule has 0 unspecified atom stereocenters. The van der Waals surface area contributed by atoms with Gasteiger partial charge in [0.1, 0.15) is 0 Å². The fraction of sp³-hybridized carbons (Fsp3) is 0.938. The van der Waals surface area contributed by atoms with Crippen LogP contribution in [0.5, 0.6) is 0 Å². The van der Waals surface area contributed by atoms with Crippen molar-refractivity contribution in [1.82, 2.24) is 4.90 Å². The quantitative estimate of drug-likeness (QED) is 0.831. The van der Waals surface area contributed by atoms with E-state index in [0.29, 0.717) is 31.0 Å². The summed E-state index contributed by atoms with van der Waals surface area (Å²) < 4.78 is 0. The Balaban J connectivity index is 2.00. The van der Waals surface area contributed by atoms with E-state index in [-0.39, 0.29) is 5.41 Å². The molecule has 1 amide bonds. The van der Waals surface area contributed by atoms with Crippen molar-refractivity contribution in [3.05, 3.63) is 0 Å². The minimum Gasteiger partial charge on any atom is -0.337 e. The first-order valence-electron chi connectivity index (χ1n) is 8.09. The lowest BCUT2D eigenvalue weighted by Gasteiger charge is -2.43. The molecule has 0 aromatic carbocycles. The maximum atomic E-state index is 12.7. The van der Waals surface area contributed by atoms with E-state index in [9.17, 15) is 4.79 Å². The third kappa shape index (κ3) is 3.31. The highest BCUT2D eigenvalue weighted by atomic mass is 16.2. The van der Waals surface area contributed by atoms with Crippen molar-refractivity contribution in [2.75, 3.05) is 6.54 Å². The molecule has 2 N–H and O–H groups in total. The number of carbonyl (C=O) groups is 1. The van der Waals surface area contributed by atoms with Crippen molar-refractivity contribution in [3.8, 4) is 0 Å². The van der Waals surface area contributed by atoms with Gasteiger partial charge in [0, 0.05) is 18.5 Å². The summed E-state index contributed by atoms with van der Waals surface area (Å²) in [5, 5.41) is 0. The first kappa shape index (κ1) is 14.8. The normalized spacial score (nSPS) is 23.2. The molecule has 3 heteroatoms. The lowest BCUT2D eigenvalue weighted by molar-refractivity contribution is -0.140. The van der Waals surface area contributed by atoms with Crippen LogP contribution in [0, 0.1) is 5.41 Å². The van der Waals surface area contributed by atoms with Crippen molar-refractivity contribution < 1.29 is 4.79 Å². The summed E-state index contributed by atoms with van der Waals surface area (Å²) >= 11 is 0. The van der Waals surface area contributed by atoms with Crippen molar-refractivity contribution in [2.24, 2.45) is 11.1 Å². The second-order valence-corrected chi connectivity index (χ2v) is 6.92. The lowest BCUT2D eigenvalue weighted by Crippen LogP contribution is -2.50. The minimum absolute atomic E-state index is 0.103. The molecule has 0 atom stereocenters. The molecule has 2 rings (SSSR count). The monoisotopic (exact) mass is 266 g/mol. The average molecular weight is 266 g/mol. The Kier molecular flexibility index (Phi) is 4.88. The van der Waals surface area contributed by atoms with Crippen LogP contribution in [0.4, 0.5) is 0 Å². The molecule has 0 aromatic rings. The zero-order chi connectivity index (χ0) is 13.9. The fourth-order valence-electron chi connectivity index (χ4n) is 3.75. The third-order valence-corrected chi connectivity index (χ3v) is 5.19. The van der Waals surface area contributed by atoms with Gasteiger partial charge in [-0.15, -0.1) is 0 Å². The molecule has 3 nitrogen and oxygen atoms in total. The Labute approximate surface area is 117 Å². The highest BCUT2D eigenvalue weighted by Gasteiger charge is 2.37. The van der Waals surface area contributed by atoms with Crippen LogP contribution in [0.2, 0.25) is 0 Å². The molecule has 2 fully saturated rings. The maximum absolute atomic E-state index is 12.7. The average Bonchev–Trinajstić information content (AvgIpc) is 2.34. The standard InChI is InChI=1S/C16H30N2O/c1-13(2)18(14-7-6-8-14)15(19)11-16(12-17)9-4-3-5-10-16/h13-14H,3-12,17H2,1-2H3. The van der Waals surface area contributed by atoms with Crippen LogP contribution in [0.3, 0.4) is 0 Å². The van der Waals surface area contributed by atoms with E-state index in [4.69, 9.17) is 5.73 Å². The van der Waals surface area contributed by atoms with Crippen molar-refractivity contribution in [1.29, 1.82) is 0 Å². The summed E-state index contributed by atoms with van der Waals surface area (Å²) in [6.45, 7) is 4.97. The Morgan fingerprint density at radius 3 is 2.26 bits per heavy atom. The molecular weight excluding hydrogens is 236 g/mol. The predicted octanol–water partition coefficient (Wildman–Crippen LogP) is 3.08. The van der Waals surface area contributed by atoms with Gasteiger partial charge in [0.15, 0.2) is 0 Å². The van der Waals surface area contributed by atoms with Crippen molar-refractivity contribution >= 4 is 5.91 Å². The van der Waals surface area contributed by atoms with Crippen LogP contribution in [0.1, 0.15) is 71.6 Å². The van der Waals surface area contributed by atoms with Gasteiger partial charge in [0.25, 0.3) is 0 Å². The maximum Gasteiger partial charge on any atom is 0.223 e. The molecule has 110 valence electrons. The zero-order valence-corrected chi connectivity index (χ0v) is 12.7. The van der Waals surface area contributed by atoms with E-state index in [0.717, 1.165) is 12.8 Å². The Morgan fingerprint density at radius 1 is 1.21 bits per heavy atom. The second kappa shape index (κ2) is 6.25. The number of nitrogens with two attached hydrogens (primary N) is 1. The van der Waals surface area contributed by atoms with Gasteiger partial charge in [-0.05, 0) is 57.9 Å². The van der Waals surface area contributed by atoms with Gasteiger partial charge in [-0.3, -0.25) is 4.79 Å². The Morgan fingerprint density at radius 2 is 1.84 bits per heavy atom. The van der Waals surface area contributed by atoms with E-state index in [1.54, 1.807) is 0 Å². The molecule has 0 saturated heterocycles.